The van der Waals surface area contributed by atoms with Crippen LogP contribution in [0.15, 0.2) is 60.7 Å². The van der Waals surface area contributed by atoms with E-state index in [2.05, 4.69) is 11.9 Å². The highest BCUT2D eigenvalue weighted by Gasteiger charge is 2.24. The summed E-state index contributed by atoms with van der Waals surface area (Å²) in [5, 5.41) is 2.68. The third-order valence-electron chi connectivity index (χ3n) is 3.99. The molecule has 1 atom stereocenters. The van der Waals surface area contributed by atoms with Crippen LogP contribution in [-0.2, 0) is 20.4 Å². The molecule has 0 bridgehead atoms. The van der Waals surface area contributed by atoms with E-state index in [4.69, 9.17) is 0 Å². The smallest absolute Gasteiger partial charge is 0.239 e. The summed E-state index contributed by atoms with van der Waals surface area (Å²) in [7, 11) is -1.49. The van der Waals surface area contributed by atoms with Crippen molar-refractivity contribution in [2.45, 2.75) is 13.3 Å². The molecule has 1 saturated heterocycles. The summed E-state index contributed by atoms with van der Waals surface area (Å²) in [6, 6.07) is 9.46. The average Bonchev–Trinajstić information content (AvgIpc) is 2.63. The Hall–Kier alpha value is -2.47. The second-order valence-electron chi connectivity index (χ2n) is 6.00. The van der Waals surface area contributed by atoms with Crippen LogP contribution < -0.4 is 5.32 Å². The van der Waals surface area contributed by atoms with E-state index in [0.717, 1.165) is 11.1 Å². The molecule has 1 unspecified atom stereocenters. The Morgan fingerprint density at radius 3 is 2.73 bits per heavy atom. The molecular weight excluding hydrogens is 348 g/mol. The van der Waals surface area contributed by atoms with Crippen molar-refractivity contribution in [1.82, 2.24) is 10.2 Å². The molecule has 1 aromatic rings. The van der Waals surface area contributed by atoms with Crippen molar-refractivity contribution in [2.24, 2.45) is 0 Å². The van der Waals surface area contributed by atoms with Crippen LogP contribution in [0, 0.1) is 0 Å². The van der Waals surface area contributed by atoms with E-state index in [-0.39, 0.29) is 24.1 Å². The van der Waals surface area contributed by atoms with E-state index in [1.165, 1.54) is 4.90 Å². The Labute approximate surface area is 156 Å². The van der Waals surface area contributed by atoms with E-state index >= 15 is 0 Å². The zero-order chi connectivity index (χ0) is 18.9. The molecule has 0 radical (unpaired) electrons. The molecule has 6 heteroatoms. The van der Waals surface area contributed by atoms with Gasteiger partial charge in [0.15, 0.2) is 0 Å². The molecule has 138 valence electrons. The molecule has 0 aromatic heterocycles. The fourth-order valence-corrected chi connectivity index (χ4v) is 4.14. The molecular formula is C20H24N2O3S. The quantitative estimate of drug-likeness (QED) is 0.747. The van der Waals surface area contributed by atoms with Crippen LogP contribution in [0.4, 0.5) is 0 Å². The van der Waals surface area contributed by atoms with Crippen LogP contribution in [-0.4, -0.2) is 46.3 Å². The van der Waals surface area contributed by atoms with Crippen LogP contribution in [0.2, 0.25) is 0 Å². The Kier molecular flexibility index (Phi) is 7.53. The van der Waals surface area contributed by atoms with Crippen LogP contribution in [0.5, 0.6) is 0 Å². The predicted octanol–water partition coefficient (Wildman–Crippen LogP) is 2.26. The molecule has 26 heavy (non-hydrogen) atoms. The highest BCUT2D eigenvalue weighted by molar-refractivity contribution is 7.95. The second-order valence-corrected chi connectivity index (χ2v) is 7.39. The van der Waals surface area contributed by atoms with Gasteiger partial charge in [0.25, 0.3) is 0 Å². The lowest BCUT2D eigenvalue weighted by atomic mass is 10.1. The van der Waals surface area contributed by atoms with Gasteiger partial charge in [-0.25, -0.2) is 0 Å². The molecule has 1 aromatic carbocycles. The number of carbonyl (C=O) groups excluding carboxylic acids is 2. The van der Waals surface area contributed by atoms with Crippen molar-refractivity contribution in [3.63, 3.8) is 0 Å². The Bertz CT molecular complexity index is 754. The zero-order valence-corrected chi connectivity index (χ0v) is 15.8. The summed E-state index contributed by atoms with van der Waals surface area (Å²) in [4.78, 5) is 26.1. The predicted molar refractivity (Wildman–Crippen MR) is 106 cm³/mol. The number of amides is 2. The monoisotopic (exact) mass is 372 g/mol. The highest BCUT2D eigenvalue weighted by atomic mass is 32.2. The number of benzene rings is 1. The normalized spacial score (nSPS) is 16.8. The van der Waals surface area contributed by atoms with Gasteiger partial charge in [0, 0.05) is 18.0 Å². The SMILES string of the molecule is C=C/C=C\C/C(C)=C(/c1ccccc1)S(=O)CC(=O)N1CCNC(=O)C1. The van der Waals surface area contributed by atoms with Gasteiger partial charge >= 0.3 is 0 Å². The van der Waals surface area contributed by atoms with Crippen molar-refractivity contribution in [3.8, 4) is 0 Å². The van der Waals surface area contributed by atoms with Crippen LogP contribution in [0.1, 0.15) is 18.9 Å². The standard InChI is InChI=1S/C20H24N2O3S/c1-3-4-6-9-16(2)20(17-10-7-5-8-11-17)26(25)15-19(24)22-13-12-21-18(23)14-22/h3-8,10-11H,1,9,12-15H2,2H3,(H,21,23)/b6-4-,20-16-. The minimum absolute atomic E-state index is 0.0292. The molecule has 5 nitrogen and oxygen atoms in total. The van der Waals surface area contributed by atoms with Gasteiger partial charge in [-0.3, -0.25) is 13.8 Å². The van der Waals surface area contributed by atoms with E-state index in [1.54, 1.807) is 6.08 Å². The topological polar surface area (TPSA) is 66.5 Å². The number of hydrogen-bond donors (Lipinski definition) is 1. The van der Waals surface area contributed by atoms with Gasteiger partial charge < -0.3 is 10.2 Å². The number of nitrogens with one attached hydrogen (secondary N) is 1. The van der Waals surface area contributed by atoms with E-state index < -0.39 is 10.8 Å². The maximum atomic E-state index is 13.0. The van der Waals surface area contributed by atoms with Crippen LogP contribution >= 0.6 is 0 Å². The first-order valence-electron chi connectivity index (χ1n) is 8.48. The second kappa shape index (κ2) is 9.87. The number of hydrogen-bond acceptors (Lipinski definition) is 3. The van der Waals surface area contributed by atoms with Gasteiger partial charge in [-0.05, 0) is 18.9 Å². The molecule has 2 amide bonds. The van der Waals surface area contributed by atoms with Crippen molar-refractivity contribution in [3.05, 3.63) is 66.3 Å². The molecule has 2 rings (SSSR count). The third-order valence-corrected chi connectivity index (χ3v) is 5.54. The average molecular weight is 372 g/mol. The molecule has 1 fully saturated rings. The van der Waals surface area contributed by atoms with Crippen molar-refractivity contribution >= 4 is 27.5 Å². The summed E-state index contributed by atoms with van der Waals surface area (Å²) < 4.78 is 13.0. The Morgan fingerprint density at radius 1 is 1.35 bits per heavy atom. The molecule has 0 spiro atoms. The largest absolute Gasteiger partial charge is 0.353 e. The third kappa shape index (κ3) is 5.52. The summed E-state index contributed by atoms with van der Waals surface area (Å²) in [6.45, 7) is 6.49. The van der Waals surface area contributed by atoms with E-state index in [0.29, 0.717) is 24.4 Å². The van der Waals surface area contributed by atoms with Gasteiger partial charge in [0.05, 0.1) is 17.3 Å². The molecule has 1 N–H and O–H groups in total. The Morgan fingerprint density at radius 2 is 2.08 bits per heavy atom. The minimum Gasteiger partial charge on any atom is -0.353 e. The zero-order valence-electron chi connectivity index (χ0n) is 14.9. The summed E-state index contributed by atoms with van der Waals surface area (Å²) >= 11 is 0. The number of rotatable bonds is 7. The lowest BCUT2D eigenvalue weighted by Crippen LogP contribution is -2.51. The van der Waals surface area contributed by atoms with Crippen LogP contribution in [0.3, 0.4) is 0 Å². The van der Waals surface area contributed by atoms with Crippen molar-refractivity contribution < 1.29 is 13.8 Å². The van der Waals surface area contributed by atoms with Crippen molar-refractivity contribution in [1.29, 1.82) is 0 Å². The number of nitrogens with zero attached hydrogens (tertiary/aromatic N) is 1. The number of allylic oxidation sites excluding steroid dienone is 4. The van der Waals surface area contributed by atoms with E-state index in [1.807, 2.05) is 49.4 Å². The first-order valence-corrected chi connectivity index (χ1v) is 9.80. The van der Waals surface area contributed by atoms with Gasteiger partial charge in [-0.15, -0.1) is 0 Å². The summed E-state index contributed by atoms with van der Waals surface area (Å²) in [5.74, 6) is -0.569. The maximum absolute atomic E-state index is 13.0. The first kappa shape index (κ1) is 19.8. The minimum atomic E-state index is -1.49. The molecule has 1 heterocycles. The van der Waals surface area contributed by atoms with Gasteiger partial charge in [-0.2, -0.15) is 0 Å². The van der Waals surface area contributed by atoms with Crippen molar-refractivity contribution in [2.75, 3.05) is 25.4 Å². The first-order chi connectivity index (χ1) is 12.5. The molecule has 0 aliphatic carbocycles. The van der Waals surface area contributed by atoms with Gasteiger partial charge in [0.2, 0.25) is 11.8 Å². The molecule has 1 aliphatic heterocycles. The lowest BCUT2D eigenvalue weighted by molar-refractivity contribution is -0.136. The highest BCUT2D eigenvalue weighted by Crippen LogP contribution is 2.25. The van der Waals surface area contributed by atoms with Gasteiger partial charge in [0.1, 0.15) is 5.75 Å². The number of carbonyl (C=O) groups is 2. The number of piperazine rings is 1. The van der Waals surface area contributed by atoms with Gasteiger partial charge in [-0.1, -0.05) is 60.7 Å². The summed E-state index contributed by atoms with van der Waals surface area (Å²) in [5.41, 5.74) is 1.79. The fourth-order valence-electron chi connectivity index (χ4n) is 2.72. The fraction of sp³-hybridized carbons (Fsp3) is 0.300. The molecule has 1 aliphatic rings. The maximum Gasteiger partial charge on any atom is 0.239 e. The van der Waals surface area contributed by atoms with Crippen LogP contribution in [0.25, 0.3) is 4.91 Å². The van der Waals surface area contributed by atoms with E-state index in [9.17, 15) is 13.8 Å². The Balaban J connectivity index is 2.21. The summed E-state index contributed by atoms with van der Waals surface area (Å²) in [6.07, 6.45) is 6.10. The molecule has 0 saturated carbocycles. The lowest BCUT2D eigenvalue weighted by Gasteiger charge is -2.26.